The Balaban J connectivity index is 1.90. The van der Waals surface area contributed by atoms with Gasteiger partial charge in [-0.25, -0.2) is 4.79 Å². The van der Waals surface area contributed by atoms with Gasteiger partial charge in [0.05, 0.1) is 6.61 Å². The first-order chi connectivity index (χ1) is 8.63. The van der Waals surface area contributed by atoms with Crippen LogP contribution in [0.15, 0.2) is 0 Å². The number of amides is 1. The van der Waals surface area contributed by atoms with Crippen LogP contribution in [0.1, 0.15) is 46.5 Å². The molecule has 0 aromatic heterocycles. The van der Waals surface area contributed by atoms with Gasteiger partial charge in [-0.2, -0.15) is 0 Å². The maximum atomic E-state index is 12.1. The molecule has 2 rings (SSSR count). The highest BCUT2D eigenvalue weighted by molar-refractivity contribution is 5.69. The number of ether oxygens (including phenoxy) is 1. The monoisotopic (exact) mass is 254 g/mol. The molecular weight excluding hydrogens is 228 g/mol. The fraction of sp³-hybridized carbons (Fsp3) is 0.929. The largest absolute Gasteiger partial charge is 0.449 e. The van der Waals surface area contributed by atoms with Gasteiger partial charge in [-0.15, -0.1) is 0 Å². The van der Waals surface area contributed by atoms with Crippen molar-refractivity contribution in [1.29, 1.82) is 0 Å². The van der Waals surface area contributed by atoms with Crippen LogP contribution in [0.2, 0.25) is 0 Å². The minimum absolute atomic E-state index is 0.0839. The van der Waals surface area contributed by atoms with Crippen LogP contribution >= 0.6 is 0 Å². The lowest BCUT2D eigenvalue weighted by atomic mass is 10.1. The van der Waals surface area contributed by atoms with Gasteiger partial charge in [-0.3, -0.25) is 9.80 Å². The molecule has 104 valence electrons. The molecule has 2 aliphatic heterocycles. The van der Waals surface area contributed by atoms with Gasteiger partial charge in [0.15, 0.2) is 0 Å². The summed E-state index contributed by atoms with van der Waals surface area (Å²) in [6, 6.07) is 1.33. The molecule has 4 nitrogen and oxygen atoms in total. The Morgan fingerprint density at radius 3 is 2.39 bits per heavy atom. The Bertz CT molecular complexity index is 280. The van der Waals surface area contributed by atoms with E-state index in [1.807, 2.05) is 4.90 Å². The number of carbonyl (C=O) groups excluding carboxylic acids is 1. The van der Waals surface area contributed by atoms with Gasteiger partial charge in [0.25, 0.3) is 0 Å². The van der Waals surface area contributed by atoms with Gasteiger partial charge in [0.2, 0.25) is 0 Å². The van der Waals surface area contributed by atoms with Crippen molar-refractivity contribution in [1.82, 2.24) is 9.80 Å². The number of carbonyl (C=O) groups is 1. The second-order valence-corrected chi connectivity index (χ2v) is 5.81. The Hall–Kier alpha value is -0.770. The van der Waals surface area contributed by atoms with Crippen LogP contribution in [-0.4, -0.2) is 53.7 Å². The molecule has 2 bridgehead atoms. The van der Waals surface area contributed by atoms with Crippen molar-refractivity contribution in [2.24, 2.45) is 0 Å². The molecule has 2 aliphatic rings. The van der Waals surface area contributed by atoms with Crippen molar-refractivity contribution in [2.75, 3.05) is 19.7 Å². The van der Waals surface area contributed by atoms with Crippen LogP contribution in [0.3, 0.4) is 0 Å². The smallest absolute Gasteiger partial charge is 0.410 e. The van der Waals surface area contributed by atoms with Gasteiger partial charge < -0.3 is 4.74 Å². The van der Waals surface area contributed by atoms with E-state index >= 15 is 0 Å². The fourth-order valence-corrected chi connectivity index (χ4v) is 3.03. The average molecular weight is 254 g/mol. The van der Waals surface area contributed by atoms with Crippen LogP contribution in [0.25, 0.3) is 0 Å². The van der Waals surface area contributed by atoms with Gasteiger partial charge in [0.1, 0.15) is 0 Å². The molecule has 2 heterocycles. The van der Waals surface area contributed by atoms with E-state index in [1.165, 1.54) is 0 Å². The Morgan fingerprint density at radius 1 is 1.28 bits per heavy atom. The summed E-state index contributed by atoms with van der Waals surface area (Å²) in [5.41, 5.74) is 0. The van der Waals surface area contributed by atoms with E-state index in [-0.39, 0.29) is 6.09 Å². The van der Waals surface area contributed by atoms with Crippen LogP contribution in [0, 0.1) is 0 Å². The summed E-state index contributed by atoms with van der Waals surface area (Å²) >= 11 is 0. The molecule has 0 aromatic rings. The highest BCUT2D eigenvalue weighted by atomic mass is 16.6. The second-order valence-electron chi connectivity index (χ2n) is 5.81. The highest BCUT2D eigenvalue weighted by Crippen LogP contribution is 2.31. The SMILES string of the molecule is CCCCOC(=O)N1C2CCC1CN(C(C)C)C2. The molecule has 4 heteroatoms. The molecule has 18 heavy (non-hydrogen) atoms. The van der Waals surface area contributed by atoms with Crippen molar-refractivity contribution in [2.45, 2.75) is 64.6 Å². The number of nitrogens with zero attached hydrogens (tertiary/aromatic N) is 2. The fourth-order valence-electron chi connectivity index (χ4n) is 3.03. The molecule has 2 atom stereocenters. The third kappa shape index (κ3) is 2.79. The standard InChI is InChI=1S/C14H26N2O2/c1-4-5-8-18-14(17)16-12-6-7-13(16)10-15(9-12)11(2)3/h11-13H,4-10H2,1-3H3. The molecule has 0 aromatic carbocycles. The number of rotatable bonds is 4. The summed E-state index contributed by atoms with van der Waals surface area (Å²) in [7, 11) is 0. The molecule has 2 unspecified atom stereocenters. The molecule has 0 saturated carbocycles. The quantitative estimate of drug-likeness (QED) is 0.723. The summed E-state index contributed by atoms with van der Waals surface area (Å²) in [6.45, 7) is 9.16. The van der Waals surface area contributed by atoms with Crippen molar-refractivity contribution in [3.8, 4) is 0 Å². The molecule has 2 saturated heterocycles. The van der Waals surface area contributed by atoms with Crippen LogP contribution in [0.5, 0.6) is 0 Å². The summed E-state index contributed by atoms with van der Waals surface area (Å²) in [5, 5.41) is 0. The average Bonchev–Trinajstić information content (AvgIpc) is 2.60. The highest BCUT2D eigenvalue weighted by Gasteiger charge is 2.43. The number of hydrogen-bond donors (Lipinski definition) is 0. The normalized spacial score (nSPS) is 27.9. The number of fused-ring (bicyclic) bond motifs is 2. The summed E-state index contributed by atoms with van der Waals surface area (Å²) in [6.07, 6.45) is 4.22. The third-order valence-corrected chi connectivity index (χ3v) is 4.17. The van der Waals surface area contributed by atoms with Gasteiger partial charge in [0, 0.05) is 31.2 Å². The first-order valence-corrected chi connectivity index (χ1v) is 7.32. The number of hydrogen-bond acceptors (Lipinski definition) is 3. The Morgan fingerprint density at radius 2 is 1.89 bits per heavy atom. The lowest BCUT2D eigenvalue weighted by Gasteiger charge is -2.42. The van der Waals surface area contributed by atoms with Crippen LogP contribution in [-0.2, 0) is 4.74 Å². The first kappa shape index (κ1) is 13.7. The van der Waals surface area contributed by atoms with Gasteiger partial charge in [-0.05, 0) is 33.1 Å². The number of unbranched alkanes of at least 4 members (excludes halogenated alkanes) is 1. The van der Waals surface area contributed by atoms with Gasteiger partial charge in [-0.1, -0.05) is 13.3 Å². The molecule has 0 spiro atoms. The first-order valence-electron chi connectivity index (χ1n) is 7.32. The summed E-state index contributed by atoms with van der Waals surface area (Å²) in [4.78, 5) is 16.6. The maximum Gasteiger partial charge on any atom is 0.410 e. The second kappa shape index (κ2) is 5.91. The topological polar surface area (TPSA) is 32.8 Å². The van der Waals surface area contributed by atoms with Crippen molar-refractivity contribution in [3.63, 3.8) is 0 Å². The number of likely N-dealkylation sites (tertiary alicyclic amines) is 1. The molecule has 0 radical (unpaired) electrons. The Labute approximate surface area is 110 Å². The Kier molecular flexibility index (Phi) is 4.49. The lowest BCUT2D eigenvalue weighted by molar-refractivity contribution is 0.0317. The lowest BCUT2D eigenvalue weighted by Crippen LogP contribution is -2.57. The van der Waals surface area contributed by atoms with E-state index in [0.717, 1.165) is 38.8 Å². The zero-order valence-corrected chi connectivity index (χ0v) is 11.9. The van der Waals surface area contributed by atoms with E-state index in [2.05, 4.69) is 25.7 Å². The number of piperazine rings is 1. The van der Waals surface area contributed by atoms with Crippen molar-refractivity contribution >= 4 is 6.09 Å². The predicted octanol–water partition coefficient (Wildman–Crippen LogP) is 2.48. The van der Waals surface area contributed by atoms with E-state index in [1.54, 1.807) is 0 Å². The predicted molar refractivity (Wildman–Crippen MR) is 71.6 cm³/mol. The molecule has 0 aliphatic carbocycles. The third-order valence-electron chi connectivity index (χ3n) is 4.17. The molecular formula is C14H26N2O2. The molecule has 1 amide bonds. The minimum atomic E-state index is -0.0839. The summed E-state index contributed by atoms with van der Waals surface area (Å²) in [5.74, 6) is 0. The van der Waals surface area contributed by atoms with Crippen molar-refractivity contribution in [3.05, 3.63) is 0 Å². The van der Waals surface area contributed by atoms with E-state index < -0.39 is 0 Å². The van der Waals surface area contributed by atoms with E-state index in [0.29, 0.717) is 24.7 Å². The van der Waals surface area contributed by atoms with Gasteiger partial charge >= 0.3 is 6.09 Å². The molecule has 0 N–H and O–H groups in total. The molecule has 2 fully saturated rings. The van der Waals surface area contributed by atoms with E-state index in [4.69, 9.17) is 4.74 Å². The zero-order chi connectivity index (χ0) is 13.1. The maximum absolute atomic E-state index is 12.1. The van der Waals surface area contributed by atoms with Crippen LogP contribution < -0.4 is 0 Å². The summed E-state index contributed by atoms with van der Waals surface area (Å²) < 4.78 is 5.37. The van der Waals surface area contributed by atoms with Crippen molar-refractivity contribution < 1.29 is 9.53 Å². The minimum Gasteiger partial charge on any atom is -0.449 e. The zero-order valence-electron chi connectivity index (χ0n) is 11.9. The van der Waals surface area contributed by atoms with E-state index in [9.17, 15) is 4.79 Å². The van der Waals surface area contributed by atoms with Crippen LogP contribution in [0.4, 0.5) is 4.79 Å².